The molecule has 14 heavy (non-hydrogen) atoms. The molecule has 0 atom stereocenters. The number of hydrogen-bond donors (Lipinski definition) is 1. The number of hydrogen-bond acceptors (Lipinski definition) is 3. The molecule has 0 bridgehead atoms. The Labute approximate surface area is 88.0 Å². The molecule has 0 aromatic rings. The molecule has 2 rings (SSSR count). The van der Waals surface area contributed by atoms with Gasteiger partial charge in [0.2, 0.25) is 5.91 Å². The molecule has 0 aromatic carbocycles. The van der Waals surface area contributed by atoms with Crippen LogP contribution in [-0.2, 0) is 4.79 Å². The van der Waals surface area contributed by atoms with Crippen LogP contribution in [0.2, 0.25) is 0 Å². The van der Waals surface area contributed by atoms with Crippen LogP contribution in [-0.4, -0.2) is 15.9 Å². The van der Waals surface area contributed by atoms with E-state index in [4.69, 9.17) is 0 Å². The number of amides is 2. The average molecular weight is 213 g/mol. The third-order valence-corrected chi connectivity index (χ3v) is 4.32. The zero-order valence-electron chi connectivity index (χ0n) is 8.17. The number of imide groups is 1. The first-order valence-corrected chi connectivity index (χ1v) is 6.05. The molecular weight excluding hydrogens is 198 g/mol. The van der Waals surface area contributed by atoms with Gasteiger partial charge < -0.3 is 0 Å². The maximum Gasteiger partial charge on any atom is 0.286 e. The van der Waals surface area contributed by atoms with Gasteiger partial charge in [-0.15, -0.1) is 0 Å². The minimum absolute atomic E-state index is 0.0596. The van der Waals surface area contributed by atoms with E-state index in [-0.39, 0.29) is 15.9 Å². The summed E-state index contributed by atoms with van der Waals surface area (Å²) in [5.41, 5.74) is 0. The van der Waals surface area contributed by atoms with E-state index >= 15 is 0 Å². The van der Waals surface area contributed by atoms with E-state index in [0.717, 1.165) is 25.7 Å². The van der Waals surface area contributed by atoms with Gasteiger partial charge in [0.05, 0.1) is 0 Å². The van der Waals surface area contributed by atoms with Gasteiger partial charge in [-0.3, -0.25) is 14.9 Å². The maximum absolute atomic E-state index is 11.3. The summed E-state index contributed by atoms with van der Waals surface area (Å²) in [5.74, 6) is -0.0874. The lowest BCUT2D eigenvalue weighted by Gasteiger charge is -2.33. The zero-order valence-corrected chi connectivity index (χ0v) is 8.99. The fraction of sp³-hybridized carbons (Fsp3) is 0.800. The van der Waals surface area contributed by atoms with Gasteiger partial charge in [-0.2, -0.15) is 0 Å². The van der Waals surface area contributed by atoms with Crippen molar-refractivity contribution >= 4 is 22.9 Å². The largest absolute Gasteiger partial charge is 0.287 e. The predicted octanol–water partition coefficient (Wildman–Crippen LogP) is 2.45. The zero-order chi connectivity index (χ0) is 10.0. The number of carbonyl (C=O) groups is 2. The van der Waals surface area contributed by atoms with Crippen molar-refractivity contribution in [2.24, 2.45) is 0 Å². The summed E-state index contributed by atoms with van der Waals surface area (Å²) in [5, 5.41) is 2.21. The van der Waals surface area contributed by atoms with Crippen molar-refractivity contribution in [3.63, 3.8) is 0 Å². The highest BCUT2D eigenvalue weighted by Crippen LogP contribution is 2.43. The molecule has 4 heteroatoms. The summed E-state index contributed by atoms with van der Waals surface area (Å²) >= 11 is 1.36. The number of carbonyl (C=O) groups excluding carboxylic acids is 2. The van der Waals surface area contributed by atoms with Crippen LogP contribution in [0, 0.1) is 0 Å². The third-order valence-electron chi connectivity index (χ3n) is 3.05. The molecule has 1 aliphatic carbocycles. The van der Waals surface area contributed by atoms with Crippen molar-refractivity contribution in [3.05, 3.63) is 0 Å². The Morgan fingerprint density at radius 3 is 2.29 bits per heavy atom. The second-order valence-corrected chi connectivity index (χ2v) is 5.65. The van der Waals surface area contributed by atoms with E-state index in [1.54, 1.807) is 0 Å². The summed E-state index contributed by atoms with van der Waals surface area (Å²) in [4.78, 5) is 22.6. The van der Waals surface area contributed by atoms with Crippen molar-refractivity contribution in [2.45, 2.75) is 49.7 Å². The molecule has 1 aliphatic heterocycles. The molecule has 2 aliphatic rings. The first-order chi connectivity index (χ1) is 6.70. The van der Waals surface area contributed by atoms with Gasteiger partial charge in [0, 0.05) is 11.2 Å². The summed E-state index contributed by atoms with van der Waals surface area (Å²) in [7, 11) is 0. The first-order valence-electron chi connectivity index (χ1n) is 5.23. The van der Waals surface area contributed by atoms with E-state index in [1.807, 2.05) is 0 Å². The number of rotatable bonds is 0. The summed E-state index contributed by atoms with van der Waals surface area (Å²) in [6.45, 7) is 0. The van der Waals surface area contributed by atoms with Gasteiger partial charge in [-0.1, -0.05) is 37.4 Å². The number of thioether (sulfide) groups is 1. The van der Waals surface area contributed by atoms with Crippen molar-refractivity contribution in [1.29, 1.82) is 0 Å². The van der Waals surface area contributed by atoms with E-state index in [2.05, 4.69) is 5.32 Å². The predicted molar refractivity (Wildman–Crippen MR) is 56.2 cm³/mol. The smallest absolute Gasteiger partial charge is 0.286 e. The Hall–Kier alpha value is -0.510. The molecule has 0 unspecified atom stereocenters. The molecule has 1 saturated heterocycles. The average Bonchev–Trinajstić information content (AvgIpc) is 2.28. The maximum atomic E-state index is 11.3. The molecule has 78 valence electrons. The standard InChI is InChI=1S/C10H15NO2S/c12-8-7-10(14-9(13)11-8)5-3-1-2-4-6-10/h1-7H2,(H,11,12,13). The van der Waals surface area contributed by atoms with Gasteiger partial charge >= 0.3 is 0 Å². The highest BCUT2D eigenvalue weighted by Gasteiger charge is 2.40. The van der Waals surface area contributed by atoms with Crippen LogP contribution in [0.4, 0.5) is 4.79 Å². The molecule has 1 saturated carbocycles. The lowest BCUT2D eigenvalue weighted by atomic mass is 9.94. The molecule has 1 N–H and O–H groups in total. The van der Waals surface area contributed by atoms with Gasteiger partial charge in [0.1, 0.15) is 0 Å². The van der Waals surface area contributed by atoms with E-state index in [0.29, 0.717) is 6.42 Å². The van der Waals surface area contributed by atoms with Crippen LogP contribution >= 0.6 is 11.8 Å². The Morgan fingerprint density at radius 2 is 1.71 bits per heavy atom. The minimum Gasteiger partial charge on any atom is -0.287 e. The van der Waals surface area contributed by atoms with Crippen molar-refractivity contribution in [1.82, 2.24) is 5.32 Å². The highest BCUT2D eigenvalue weighted by molar-refractivity contribution is 8.14. The Bertz CT molecular complexity index is 239. The topological polar surface area (TPSA) is 46.2 Å². The van der Waals surface area contributed by atoms with Crippen LogP contribution in [0.5, 0.6) is 0 Å². The summed E-state index contributed by atoms with van der Waals surface area (Å²) < 4.78 is -0.0596. The Kier molecular flexibility index (Phi) is 2.81. The van der Waals surface area contributed by atoms with E-state index in [9.17, 15) is 9.59 Å². The van der Waals surface area contributed by atoms with Gasteiger partial charge in [-0.05, 0) is 12.8 Å². The molecule has 3 nitrogen and oxygen atoms in total. The molecule has 0 aromatic heterocycles. The van der Waals surface area contributed by atoms with E-state index < -0.39 is 0 Å². The molecule has 2 amide bonds. The van der Waals surface area contributed by atoms with Crippen LogP contribution < -0.4 is 5.32 Å². The highest BCUT2D eigenvalue weighted by atomic mass is 32.2. The quantitative estimate of drug-likeness (QED) is 0.672. The van der Waals surface area contributed by atoms with Crippen molar-refractivity contribution < 1.29 is 9.59 Å². The monoisotopic (exact) mass is 213 g/mol. The molecular formula is C10H15NO2S. The van der Waals surface area contributed by atoms with Crippen molar-refractivity contribution in [2.75, 3.05) is 0 Å². The first kappa shape index (κ1) is 10.0. The third kappa shape index (κ3) is 2.11. The van der Waals surface area contributed by atoms with Crippen LogP contribution in [0.25, 0.3) is 0 Å². The molecule has 1 spiro atoms. The van der Waals surface area contributed by atoms with Gasteiger partial charge in [-0.25, -0.2) is 0 Å². The fourth-order valence-electron chi connectivity index (χ4n) is 2.36. The second-order valence-electron chi connectivity index (χ2n) is 4.21. The summed E-state index contributed by atoms with van der Waals surface area (Å²) in [6, 6.07) is 0. The van der Waals surface area contributed by atoms with Crippen molar-refractivity contribution in [3.8, 4) is 0 Å². The van der Waals surface area contributed by atoms with Gasteiger partial charge in [0.25, 0.3) is 5.24 Å². The van der Waals surface area contributed by atoms with Gasteiger partial charge in [0.15, 0.2) is 0 Å². The van der Waals surface area contributed by atoms with Crippen LogP contribution in [0.15, 0.2) is 0 Å². The lowest BCUT2D eigenvalue weighted by molar-refractivity contribution is -0.120. The number of nitrogens with one attached hydrogen (secondary N) is 1. The lowest BCUT2D eigenvalue weighted by Crippen LogP contribution is -2.43. The Morgan fingerprint density at radius 1 is 1.07 bits per heavy atom. The van der Waals surface area contributed by atoms with Crippen LogP contribution in [0.1, 0.15) is 44.9 Å². The Balaban J connectivity index is 2.11. The minimum atomic E-state index is -0.150. The fourth-order valence-corrected chi connectivity index (χ4v) is 3.61. The van der Waals surface area contributed by atoms with E-state index in [1.165, 1.54) is 24.6 Å². The SMILES string of the molecule is O=C1CC2(CCCCCC2)SC(=O)N1. The molecule has 2 fully saturated rings. The molecule has 0 radical (unpaired) electrons. The normalized spacial score (nSPS) is 27.1. The molecule has 1 heterocycles. The summed E-state index contributed by atoms with van der Waals surface area (Å²) in [6.07, 6.45) is 7.40. The second kappa shape index (κ2) is 3.93. The van der Waals surface area contributed by atoms with Crippen LogP contribution in [0.3, 0.4) is 0 Å².